The lowest BCUT2D eigenvalue weighted by molar-refractivity contribution is -0.140. The Morgan fingerprint density at radius 3 is 3.07 bits per heavy atom. The average Bonchev–Trinajstić information content (AvgIpc) is 2.63. The molecule has 0 fully saturated rings. The van der Waals surface area contributed by atoms with Crippen LogP contribution in [0.2, 0.25) is 0 Å². The van der Waals surface area contributed by atoms with Gasteiger partial charge in [0.25, 0.3) is 0 Å². The second-order valence-electron chi connectivity index (χ2n) is 3.11. The minimum atomic E-state index is -0.172. The maximum atomic E-state index is 10.9. The summed E-state index contributed by atoms with van der Waals surface area (Å²) in [6, 6.07) is 2.04. The molecule has 1 N–H and O–H groups in total. The Kier molecular flexibility index (Phi) is 4.19. The highest BCUT2D eigenvalue weighted by atomic mass is 16.5. The molecule has 1 heterocycles. The molecule has 4 nitrogen and oxygen atoms in total. The number of esters is 1. The fraction of sp³-hybridized carbons (Fsp3) is 0.500. The van der Waals surface area contributed by atoms with Crippen LogP contribution >= 0.6 is 0 Å². The highest BCUT2D eigenvalue weighted by molar-refractivity contribution is 5.68. The van der Waals surface area contributed by atoms with E-state index in [9.17, 15) is 4.79 Å². The van der Waals surface area contributed by atoms with Crippen LogP contribution in [0.4, 0.5) is 0 Å². The highest BCUT2D eigenvalue weighted by Gasteiger charge is 2.01. The molecule has 1 aromatic heterocycles. The normalized spacial score (nSPS) is 10.1. The van der Waals surface area contributed by atoms with E-state index in [2.05, 4.69) is 10.1 Å². The molecule has 14 heavy (non-hydrogen) atoms. The van der Waals surface area contributed by atoms with Crippen molar-refractivity contribution in [2.45, 2.75) is 19.5 Å². The number of hydrogen-bond donors (Lipinski definition) is 1. The van der Waals surface area contributed by atoms with Crippen molar-refractivity contribution in [3.05, 3.63) is 24.0 Å². The van der Waals surface area contributed by atoms with Crippen molar-refractivity contribution in [3.8, 4) is 0 Å². The Hall–Kier alpha value is -1.29. The third kappa shape index (κ3) is 3.22. The summed E-state index contributed by atoms with van der Waals surface area (Å²) >= 11 is 0. The van der Waals surface area contributed by atoms with Crippen molar-refractivity contribution in [2.75, 3.05) is 14.2 Å². The van der Waals surface area contributed by atoms with Crippen LogP contribution < -0.4 is 5.32 Å². The Bertz CT molecular complexity index is 294. The number of methoxy groups -OCH3 is 1. The molecule has 0 aliphatic rings. The highest BCUT2D eigenvalue weighted by Crippen LogP contribution is 2.02. The van der Waals surface area contributed by atoms with Crippen molar-refractivity contribution in [1.82, 2.24) is 9.88 Å². The topological polar surface area (TPSA) is 43.3 Å². The summed E-state index contributed by atoms with van der Waals surface area (Å²) in [5.41, 5.74) is 1.22. The van der Waals surface area contributed by atoms with Gasteiger partial charge in [-0.1, -0.05) is 0 Å². The van der Waals surface area contributed by atoms with E-state index in [1.54, 1.807) is 0 Å². The summed E-state index contributed by atoms with van der Waals surface area (Å²) in [4.78, 5) is 10.9. The molecule has 0 spiro atoms. The summed E-state index contributed by atoms with van der Waals surface area (Å²) in [6.45, 7) is 1.53. The Morgan fingerprint density at radius 1 is 1.64 bits per heavy atom. The van der Waals surface area contributed by atoms with Crippen molar-refractivity contribution in [3.63, 3.8) is 0 Å². The standard InChI is InChI=1S/C10H16N2O2/c1-11-7-9-3-5-12(8-9)6-4-10(13)14-2/h3,5,8,11H,4,6-7H2,1-2H3. The average molecular weight is 196 g/mol. The molecular weight excluding hydrogens is 180 g/mol. The van der Waals surface area contributed by atoms with E-state index >= 15 is 0 Å². The number of rotatable bonds is 5. The van der Waals surface area contributed by atoms with Gasteiger partial charge in [-0.3, -0.25) is 4.79 Å². The molecule has 0 saturated heterocycles. The van der Waals surface area contributed by atoms with Crippen LogP contribution in [-0.2, 0) is 22.6 Å². The first kappa shape index (κ1) is 10.8. The van der Waals surface area contributed by atoms with Crippen LogP contribution in [0.5, 0.6) is 0 Å². The second kappa shape index (κ2) is 5.44. The zero-order chi connectivity index (χ0) is 10.4. The lowest BCUT2D eigenvalue weighted by atomic mass is 10.3. The summed E-state index contributed by atoms with van der Waals surface area (Å²) in [7, 11) is 3.32. The molecule has 0 aromatic carbocycles. The van der Waals surface area contributed by atoms with Gasteiger partial charge in [0.05, 0.1) is 13.5 Å². The molecule has 0 unspecified atom stereocenters. The minimum absolute atomic E-state index is 0.172. The molecule has 0 aliphatic heterocycles. The number of hydrogen-bond acceptors (Lipinski definition) is 3. The molecule has 0 aliphatic carbocycles. The van der Waals surface area contributed by atoms with Crippen LogP contribution in [-0.4, -0.2) is 24.7 Å². The molecule has 0 atom stereocenters. The third-order valence-electron chi connectivity index (χ3n) is 1.99. The summed E-state index contributed by atoms with van der Waals surface area (Å²) in [5, 5.41) is 3.07. The minimum Gasteiger partial charge on any atom is -0.469 e. The number of aromatic nitrogens is 1. The van der Waals surface area contributed by atoms with E-state index in [1.165, 1.54) is 12.7 Å². The largest absolute Gasteiger partial charge is 0.469 e. The lowest BCUT2D eigenvalue weighted by Crippen LogP contribution is -2.06. The second-order valence-corrected chi connectivity index (χ2v) is 3.11. The Labute approximate surface area is 83.9 Å². The molecule has 1 rings (SSSR count). The Balaban J connectivity index is 2.39. The number of nitrogens with one attached hydrogen (secondary N) is 1. The van der Waals surface area contributed by atoms with E-state index < -0.39 is 0 Å². The van der Waals surface area contributed by atoms with Crippen molar-refractivity contribution in [1.29, 1.82) is 0 Å². The van der Waals surface area contributed by atoms with Crippen LogP contribution in [0, 0.1) is 0 Å². The maximum Gasteiger partial charge on any atom is 0.307 e. The lowest BCUT2D eigenvalue weighted by Gasteiger charge is -2.01. The monoisotopic (exact) mass is 196 g/mol. The van der Waals surface area contributed by atoms with Gasteiger partial charge in [0, 0.05) is 25.5 Å². The van der Waals surface area contributed by atoms with E-state index in [0.29, 0.717) is 13.0 Å². The van der Waals surface area contributed by atoms with Gasteiger partial charge >= 0.3 is 5.97 Å². The molecule has 0 amide bonds. The van der Waals surface area contributed by atoms with Gasteiger partial charge in [-0.15, -0.1) is 0 Å². The van der Waals surface area contributed by atoms with E-state index in [4.69, 9.17) is 0 Å². The summed E-state index contributed by atoms with van der Waals surface area (Å²) in [6.07, 6.45) is 4.42. The van der Waals surface area contributed by atoms with Gasteiger partial charge in [0.2, 0.25) is 0 Å². The predicted octanol–water partition coefficient (Wildman–Crippen LogP) is 0.771. The summed E-state index contributed by atoms with van der Waals surface area (Å²) in [5.74, 6) is -0.172. The summed E-state index contributed by atoms with van der Waals surface area (Å²) < 4.78 is 6.55. The molecule has 0 bridgehead atoms. The van der Waals surface area contributed by atoms with E-state index in [-0.39, 0.29) is 5.97 Å². The van der Waals surface area contributed by atoms with Gasteiger partial charge < -0.3 is 14.6 Å². The van der Waals surface area contributed by atoms with Crippen LogP contribution in [0.1, 0.15) is 12.0 Å². The van der Waals surface area contributed by atoms with Gasteiger partial charge in [0.1, 0.15) is 0 Å². The van der Waals surface area contributed by atoms with Crippen LogP contribution in [0.25, 0.3) is 0 Å². The van der Waals surface area contributed by atoms with Crippen molar-refractivity contribution in [2.24, 2.45) is 0 Å². The predicted molar refractivity (Wildman–Crippen MR) is 53.8 cm³/mol. The molecule has 4 heteroatoms. The van der Waals surface area contributed by atoms with Gasteiger partial charge in [-0.05, 0) is 18.7 Å². The number of carbonyl (C=O) groups excluding carboxylic acids is 1. The van der Waals surface area contributed by atoms with Gasteiger partial charge in [0.15, 0.2) is 0 Å². The molecule has 0 saturated carbocycles. The smallest absolute Gasteiger partial charge is 0.307 e. The number of carbonyl (C=O) groups is 1. The van der Waals surface area contributed by atoms with Gasteiger partial charge in [-0.25, -0.2) is 0 Å². The molecular formula is C10H16N2O2. The zero-order valence-corrected chi connectivity index (χ0v) is 8.62. The van der Waals surface area contributed by atoms with E-state index in [1.807, 2.05) is 30.1 Å². The number of nitrogens with zero attached hydrogens (tertiary/aromatic N) is 1. The molecule has 0 radical (unpaired) electrons. The van der Waals surface area contributed by atoms with Crippen LogP contribution in [0.3, 0.4) is 0 Å². The van der Waals surface area contributed by atoms with Crippen molar-refractivity contribution < 1.29 is 9.53 Å². The van der Waals surface area contributed by atoms with Crippen molar-refractivity contribution >= 4 is 5.97 Å². The Morgan fingerprint density at radius 2 is 2.43 bits per heavy atom. The first-order chi connectivity index (χ1) is 6.76. The van der Waals surface area contributed by atoms with Crippen LogP contribution in [0.15, 0.2) is 18.5 Å². The fourth-order valence-electron chi connectivity index (χ4n) is 1.26. The van der Waals surface area contributed by atoms with E-state index in [0.717, 1.165) is 6.54 Å². The zero-order valence-electron chi connectivity index (χ0n) is 8.62. The quantitative estimate of drug-likeness (QED) is 0.707. The fourth-order valence-corrected chi connectivity index (χ4v) is 1.26. The van der Waals surface area contributed by atoms with Gasteiger partial charge in [-0.2, -0.15) is 0 Å². The molecule has 78 valence electrons. The first-order valence-corrected chi connectivity index (χ1v) is 4.62. The molecule has 1 aromatic rings. The third-order valence-corrected chi connectivity index (χ3v) is 1.99. The maximum absolute atomic E-state index is 10.9. The first-order valence-electron chi connectivity index (χ1n) is 4.62. The number of aryl methyl sites for hydroxylation is 1. The number of ether oxygens (including phenoxy) is 1. The SMILES string of the molecule is CNCc1ccn(CCC(=O)OC)c1.